The number of amides is 2. The van der Waals surface area contributed by atoms with Crippen LogP contribution in [0.5, 0.6) is 0 Å². The highest BCUT2D eigenvalue weighted by atomic mass is 16.5. The molecule has 8 nitrogen and oxygen atoms in total. The lowest BCUT2D eigenvalue weighted by molar-refractivity contribution is -0.146. The Morgan fingerprint density at radius 3 is 2.26 bits per heavy atom. The van der Waals surface area contributed by atoms with Gasteiger partial charge in [-0.3, -0.25) is 9.59 Å². The summed E-state index contributed by atoms with van der Waals surface area (Å²) in [5, 5.41) is 12.0. The predicted octanol–water partition coefficient (Wildman–Crippen LogP) is 2.86. The first kappa shape index (κ1) is 22.4. The summed E-state index contributed by atoms with van der Waals surface area (Å²) >= 11 is 0. The molecule has 0 bridgehead atoms. The van der Waals surface area contributed by atoms with Gasteiger partial charge in [0.05, 0.1) is 25.2 Å². The number of hydrogen-bond acceptors (Lipinski definition) is 5. The third kappa shape index (κ3) is 4.63. The highest BCUT2D eigenvalue weighted by Gasteiger charge is 2.40. The number of aliphatic carboxylic acids is 1. The third-order valence-electron chi connectivity index (χ3n) is 6.86. The molecule has 2 fully saturated rings. The van der Waals surface area contributed by atoms with E-state index in [-0.39, 0.29) is 38.2 Å². The van der Waals surface area contributed by atoms with Crippen LogP contribution in [0.15, 0.2) is 48.5 Å². The number of ether oxygens (including phenoxy) is 2. The van der Waals surface area contributed by atoms with Crippen molar-refractivity contribution < 1.29 is 29.0 Å². The Bertz CT molecular complexity index is 1050. The van der Waals surface area contributed by atoms with E-state index in [1.807, 2.05) is 24.3 Å². The monoisotopic (exact) mass is 464 g/mol. The maximum absolute atomic E-state index is 13.1. The van der Waals surface area contributed by atoms with Crippen LogP contribution in [0.2, 0.25) is 0 Å². The van der Waals surface area contributed by atoms with Crippen molar-refractivity contribution in [2.24, 2.45) is 11.8 Å². The van der Waals surface area contributed by atoms with Crippen molar-refractivity contribution in [3.8, 4) is 11.1 Å². The molecule has 0 aromatic heterocycles. The van der Waals surface area contributed by atoms with Gasteiger partial charge in [-0.1, -0.05) is 48.5 Å². The van der Waals surface area contributed by atoms with Gasteiger partial charge in [0.1, 0.15) is 13.2 Å². The first-order valence-electron chi connectivity index (χ1n) is 11.7. The fourth-order valence-corrected chi connectivity index (χ4v) is 4.97. The smallest absolute Gasteiger partial charge is 0.407 e. The van der Waals surface area contributed by atoms with E-state index in [4.69, 9.17) is 9.47 Å². The summed E-state index contributed by atoms with van der Waals surface area (Å²) in [6, 6.07) is 15.7. The van der Waals surface area contributed by atoms with Crippen LogP contribution in [-0.4, -0.2) is 66.9 Å². The molecular weight excluding hydrogens is 436 g/mol. The van der Waals surface area contributed by atoms with Crippen molar-refractivity contribution in [2.75, 3.05) is 32.9 Å². The van der Waals surface area contributed by atoms with Gasteiger partial charge in [0, 0.05) is 12.5 Å². The van der Waals surface area contributed by atoms with Gasteiger partial charge in [-0.05, 0) is 41.0 Å². The van der Waals surface area contributed by atoms with E-state index in [9.17, 15) is 19.5 Å². The molecule has 2 unspecified atom stereocenters. The number of carboxylic acids is 1. The number of hydrogen-bond donors (Lipinski definition) is 2. The van der Waals surface area contributed by atoms with Gasteiger partial charge < -0.3 is 24.8 Å². The number of alkyl carbamates (subject to hydrolysis) is 1. The first-order valence-corrected chi connectivity index (χ1v) is 11.7. The maximum atomic E-state index is 13.1. The largest absolute Gasteiger partial charge is 0.480 e. The average molecular weight is 465 g/mol. The maximum Gasteiger partial charge on any atom is 0.407 e. The Kier molecular flexibility index (Phi) is 6.24. The zero-order valence-electron chi connectivity index (χ0n) is 18.8. The standard InChI is InChI=1S/C26H28N2O6/c29-24(30)12-28(11-16-9-10-16)25(31)22-13-33-15-23(22)27-26(32)34-14-21-19-7-3-1-5-17(19)18-6-2-4-8-20(18)21/h1-8,16,21-23H,9-15H2,(H,27,32)(H,29,30). The Labute approximate surface area is 197 Å². The summed E-state index contributed by atoms with van der Waals surface area (Å²) in [5.74, 6) is -1.66. The number of nitrogens with zero attached hydrogens (tertiary/aromatic N) is 1. The van der Waals surface area contributed by atoms with E-state index in [2.05, 4.69) is 29.6 Å². The van der Waals surface area contributed by atoms with Crippen LogP contribution in [0, 0.1) is 11.8 Å². The van der Waals surface area contributed by atoms with Crippen LogP contribution in [-0.2, 0) is 19.1 Å². The number of carbonyl (C=O) groups excluding carboxylic acids is 2. The molecule has 0 spiro atoms. The van der Waals surface area contributed by atoms with E-state index in [0.29, 0.717) is 12.5 Å². The van der Waals surface area contributed by atoms with Crippen molar-refractivity contribution >= 4 is 18.0 Å². The molecule has 34 heavy (non-hydrogen) atoms. The Morgan fingerprint density at radius 2 is 1.65 bits per heavy atom. The predicted molar refractivity (Wildman–Crippen MR) is 123 cm³/mol. The molecule has 8 heteroatoms. The Balaban J connectivity index is 1.21. The molecule has 2 aliphatic carbocycles. The van der Waals surface area contributed by atoms with Gasteiger partial charge >= 0.3 is 12.1 Å². The van der Waals surface area contributed by atoms with Crippen LogP contribution in [0.25, 0.3) is 11.1 Å². The first-order chi connectivity index (χ1) is 16.5. The number of rotatable bonds is 8. The van der Waals surface area contributed by atoms with Crippen LogP contribution in [0.4, 0.5) is 4.79 Å². The van der Waals surface area contributed by atoms with Crippen LogP contribution in [0.1, 0.15) is 29.9 Å². The van der Waals surface area contributed by atoms with Crippen LogP contribution in [0.3, 0.4) is 0 Å². The quantitative estimate of drug-likeness (QED) is 0.623. The second kappa shape index (κ2) is 9.46. The van der Waals surface area contributed by atoms with E-state index >= 15 is 0 Å². The van der Waals surface area contributed by atoms with Crippen molar-refractivity contribution in [2.45, 2.75) is 24.8 Å². The molecule has 1 saturated carbocycles. The highest BCUT2D eigenvalue weighted by molar-refractivity contribution is 5.84. The minimum Gasteiger partial charge on any atom is -0.480 e. The SMILES string of the molecule is O=C(O)CN(CC1CC1)C(=O)C1COCC1NC(=O)OCC1c2ccccc2-c2ccccc21. The highest BCUT2D eigenvalue weighted by Crippen LogP contribution is 2.44. The van der Waals surface area contributed by atoms with Gasteiger partial charge in [-0.25, -0.2) is 4.79 Å². The van der Waals surface area contributed by atoms with Crippen LogP contribution >= 0.6 is 0 Å². The molecule has 2 aromatic rings. The molecule has 0 radical (unpaired) electrons. The van der Waals surface area contributed by atoms with Gasteiger partial charge in [0.25, 0.3) is 0 Å². The zero-order chi connectivity index (χ0) is 23.7. The summed E-state index contributed by atoms with van der Waals surface area (Å²) < 4.78 is 11.1. The summed E-state index contributed by atoms with van der Waals surface area (Å²) in [4.78, 5) is 38.4. The summed E-state index contributed by atoms with van der Waals surface area (Å²) in [5.41, 5.74) is 4.54. The second-order valence-corrected chi connectivity index (χ2v) is 9.28. The minimum atomic E-state index is -1.05. The topological polar surface area (TPSA) is 105 Å². The molecule has 2 aromatic carbocycles. The number of carboxylic acid groups (broad SMARTS) is 1. The van der Waals surface area contributed by atoms with Crippen molar-refractivity contribution in [3.63, 3.8) is 0 Å². The molecule has 1 heterocycles. The molecule has 2 N–H and O–H groups in total. The minimum absolute atomic E-state index is 0.0555. The molecule has 2 atom stereocenters. The lowest BCUT2D eigenvalue weighted by Crippen LogP contribution is -2.49. The Morgan fingerprint density at radius 1 is 1.00 bits per heavy atom. The summed E-state index contributed by atoms with van der Waals surface area (Å²) in [7, 11) is 0. The number of nitrogens with one attached hydrogen (secondary N) is 1. The van der Waals surface area contributed by atoms with Gasteiger partial charge in [-0.2, -0.15) is 0 Å². The number of fused-ring (bicyclic) bond motifs is 3. The van der Waals surface area contributed by atoms with Crippen LogP contribution < -0.4 is 5.32 Å². The normalized spacial score (nSPS) is 20.9. The third-order valence-corrected chi connectivity index (χ3v) is 6.86. The second-order valence-electron chi connectivity index (χ2n) is 9.28. The average Bonchev–Trinajstić information content (AvgIpc) is 3.43. The molecule has 178 valence electrons. The zero-order valence-corrected chi connectivity index (χ0v) is 18.8. The van der Waals surface area contributed by atoms with E-state index < -0.39 is 24.0 Å². The fraction of sp³-hybridized carbons (Fsp3) is 0.423. The van der Waals surface area contributed by atoms with Crippen molar-refractivity contribution in [1.29, 1.82) is 0 Å². The van der Waals surface area contributed by atoms with E-state index in [0.717, 1.165) is 35.1 Å². The fourth-order valence-electron chi connectivity index (χ4n) is 4.97. The number of carbonyl (C=O) groups is 3. The molecule has 1 aliphatic heterocycles. The van der Waals surface area contributed by atoms with Gasteiger partial charge in [-0.15, -0.1) is 0 Å². The lowest BCUT2D eigenvalue weighted by atomic mass is 9.98. The molecule has 3 aliphatic rings. The number of benzene rings is 2. The molecule has 1 saturated heterocycles. The summed E-state index contributed by atoms with van der Waals surface area (Å²) in [6.07, 6.45) is 1.40. The molecular formula is C26H28N2O6. The van der Waals surface area contributed by atoms with Crippen molar-refractivity contribution in [1.82, 2.24) is 10.2 Å². The summed E-state index contributed by atoms with van der Waals surface area (Å²) in [6.45, 7) is 0.598. The van der Waals surface area contributed by atoms with E-state index in [1.165, 1.54) is 4.90 Å². The molecule has 2 amide bonds. The van der Waals surface area contributed by atoms with Gasteiger partial charge in [0.2, 0.25) is 5.91 Å². The molecule has 5 rings (SSSR count). The Hall–Kier alpha value is -3.39. The van der Waals surface area contributed by atoms with Gasteiger partial charge in [0.15, 0.2) is 0 Å². The van der Waals surface area contributed by atoms with E-state index in [1.54, 1.807) is 0 Å². The van der Waals surface area contributed by atoms with Crippen molar-refractivity contribution in [3.05, 3.63) is 59.7 Å². The lowest BCUT2D eigenvalue weighted by Gasteiger charge is -2.26.